The highest BCUT2D eigenvalue weighted by Crippen LogP contribution is 2.30. The molecule has 1 aromatic rings. The van der Waals surface area contributed by atoms with E-state index >= 15 is 0 Å². The molecule has 1 aliphatic heterocycles. The van der Waals surface area contributed by atoms with Crippen molar-refractivity contribution in [2.24, 2.45) is 0 Å². The second kappa shape index (κ2) is 3.27. The first-order valence-corrected chi connectivity index (χ1v) is 4.45. The SMILES string of the molecule is CCc1ncoc1C1CCCO1. The molecule has 66 valence electrons. The lowest BCUT2D eigenvalue weighted by Gasteiger charge is -2.05. The predicted molar refractivity (Wildman–Crippen MR) is 43.8 cm³/mol. The van der Waals surface area contributed by atoms with Crippen molar-refractivity contribution in [3.8, 4) is 0 Å². The first kappa shape index (κ1) is 7.80. The number of rotatable bonds is 2. The average molecular weight is 167 g/mol. The van der Waals surface area contributed by atoms with Crippen LogP contribution in [0.2, 0.25) is 0 Å². The molecule has 1 unspecified atom stereocenters. The summed E-state index contributed by atoms with van der Waals surface area (Å²) in [6.45, 7) is 2.94. The minimum atomic E-state index is 0.169. The van der Waals surface area contributed by atoms with E-state index in [1.165, 1.54) is 6.39 Å². The highest BCUT2D eigenvalue weighted by molar-refractivity contribution is 5.10. The molecule has 1 saturated heterocycles. The van der Waals surface area contributed by atoms with Crippen molar-refractivity contribution in [2.45, 2.75) is 32.3 Å². The van der Waals surface area contributed by atoms with Gasteiger partial charge in [0.1, 0.15) is 6.10 Å². The number of nitrogens with zero attached hydrogens (tertiary/aromatic N) is 1. The van der Waals surface area contributed by atoms with Crippen LogP contribution >= 0.6 is 0 Å². The minimum absolute atomic E-state index is 0.169. The van der Waals surface area contributed by atoms with Crippen molar-refractivity contribution in [1.29, 1.82) is 0 Å². The monoisotopic (exact) mass is 167 g/mol. The highest BCUT2D eigenvalue weighted by atomic mass is 16.5. The Balaban J connectivity index is 2.19. The second-order valence-corrected chi connectivity index (χ2v) is 3.02. The third-order valence-corrected chi connectivity index (χ3v) is 2.23. The van der Waals surface area contributed by atoms with Crippen LogP contribution in [0.4, 0.5) is 0 Å². The molecule has 0 N–H and O–H groups in total. The van der Waals surface area contributed by atoms with Crippen LogP contribution < -0.4 is 0 Å². The third kappa shape index (κ3) is 1.25. The number of hydrogen-bond donors (Lipinski definition) is 0. The van der Waals surface area contributed by atoms with Crippen molar-refractivity contribution in [2.75, 3.05) is 6.61 Å². The maximum atomic E-state index is 5.51. The maximum Gasteiger partial charge on any atom is 0.181 e. The van der Waals surface area contributed by atoms with Crippen LogP contribution in [-0.2, 0) is 11.2 Å². The van der Waals surface area contributed by atoms with Gasteiger partial charge in [-0.25, -0.2) is 4.98 Å². The fraction of sp³-hybridized carbons (Fsp3) is 0.667. The summed E-state index contributed by atoms with van der Waals surface area (Å²) < 4.78 is 10.8. The third-order valence-electron chi connectivity index (χ3n) is 2.23. The Labute approximate surface area is 71.7 Å². The molecule has 2 heterocycles. The minimum Gasteiger partial charge on any atom is -0.445 e. The van der Waals surface area contributed by atoms with Crippen LogP contribution in [-0.4, -0.2) is 11.6 Å². The summed E-state index contributed by atoms with van der Waals surface area (Å²) in [6.07, 6.45) is 4.81. The molecule has 1 aliphatic rings. The second-order valence-electron chi connectivity index (χ2n) is 3.02. The Bertz CT molecular complexity index is 251. The predicted octanol–water partition coefficient (Wildman–Crippen LogP) is 2.09. The molecule has 1 aromatic heterocycles. The van der Waals surface area contributed by atoms with Gasteiger partial charge in [0.15, 0.2) is 12.2 Å². The normalized spacial score (nSPS) is 23.2. The Hall–Kier alpha value is -0.830. The largest absolute Gasteiger partial charge is 0.445 e. The molecule has 0 radical (unpaired) electrons. The van der Waals surface area contributed by atoms with E-state index in [-0.39, 0.29) is 6.10 Å². The zero-order valence-electron chi connectivity index (χ0n) is 7.25. The quantitative estimate of drug-likeness (QED) is 0.676. The summed E-state index contributed by atoms with van der Waals surface area (Å²) in [5.74, 6) is 0.940. The Morgan fingerprint density at radius 1 is 1.67 bits per heavy atom. The molecule has 3 heteroatoms. The lowest BCUT2D eigenvalue weighted by molar-refractivity contribution is 0.0927. The molecule has 1 atom stereocenters. The summed E-state index contributed by atoms with van der Waals surface area (Å²) in [7, 11) is 0. The van der Waals surface area contributed by atoms with Gasteiger partial charge < -0.3 is 9.15 Å². The van der Waals surface area contributed by atoms with Crippen LogP contribution in [0.1, 0.15) is 37.3 Å². The number of hydrogen-bond acceptors (Lipinski definition) is 3. The van der Waals surface area contributed by atoms with Crippen LogP contribution in [0.15, 0.2) is 10.8 Å². The van der Waals surface area contributed by atoms with Gasteiger partial charge in [0.05, 0.1) is 5.69 Å². The lowest BCUT2D eigenvalue weighted by Crippen LogP contribution is -1.97. The van der Waals surface area contributed by atoms with Crippen LogP contribution in [0.5, 0.6) is 0 Å². The van der Waals surface area contributed by atoms with Gasteiger partial charge in [-0.3, -0.25) is 0 Å². The number of oxazole rings is 1. The van der Waals surface area contributed by atoms with Gasteiger partial charge in [-0.2, -0.15) is 0 Å². The van der Waals surface area contributed by atoms with E-state index in [1.54, 1.807) is 0 Å². The molecule has 0 bridgehead atoms. The summed E-state index contributed by atoms with van der Waals surface area (Å²) in [4.78, 5) is 4.13. The molecule has 12 heavy (non-hydrogen) atoms. The fourth-order valence-electron chi connectivity index (χ4n) is 1.59. The highest BCUT2D eigenvalue weighted by Gasteiger charge is 2.23. The van der Waals surface area contributed by atoms with E-state index in [9.17, 15) is 0 Å². The zero-order chi connectivity index (χ0) is 8.39. The standard InChI is InChI=1S/C9H13NO2/c1-2-7-9(12-6-10-7)8-4-3-5-11-8/h6,8H,2-5H2,1H3. The Morgan fingerprint density at radius 2 is 2.58 bits per heavy atom. The van der Waals surface area contributed by atoms with Crippen molar-refractivity contribution in [1.82, 2.24) is 4.98 Å². The van der Waals surface area contributed by atoms with Gasteiger partial charge in [-0.1, -0.05) is 6.92 Å². The number of aryl methyl sites for hydroxylation is 1. The van der Waals surface area contributed by atoms with Crippen LogP contribution in [0.3, 0.4) is 0 Å². The van der Waals surface area contributed by atoms with Crippen molar-refractivity contribution in [3.63, 3.8) is 0 Å². The molecule has 0 spiro atoms. The molecule has 2 rings (SSSR count). The fourth-order valence-corrected chi connectivity index (χ4v) is 1.59. The number of aromatic nitrogens is 1. The Morgan fingerprint density at radius 3 is 3.25 bits per heavy atom. The van der Waals surface area contributed by atoms with Gasteiger partial charge in [0.25, 0.3) is 0 Å². The van der Waals surface area contributed by atoms with E-state index in [0.717, 1.165) is 37.3 Å². The zero-order valence-corrected chi connectivity index (χ0v) is 7.25. The van der Waals surface area contributed by atoms with E-state index in [4.69, 9.17) is 9.15 Å². The van der Waals surface area contributed by atoms with E-state index < -0.39 is 0 Å². The lowest BCUT2D eigenvalue weighted by atomic mass is 10.1. The van der Waals surface area contributed by atoms with Crippen molar-refractivity contribution in [3.05, 3.63) is 17.8 Å². The summed E-state index contributed by atoms with van der Waals surface area (Å²) in [6, 6.07) is 0. The smallest absolute Gasteiger partial charge is 0.181 e. The molecule has 3 nitrogen and oxygen atoms in total. The van der Waals surface area contributed by atoms with E-state index in [0.29, 0.717) is 0 Å². The van der Waals surface area contributed by atoms with Crippen molar-refractivity contribution < 1.29 is 9.15 Å². The summed E-state index contributed by atoms with van der Waals surface area (Å²) in [5.41, 5.74) is 1.04. The molecular weight excluding hydrogens is 154 g/mol. The van der Waals surface area contributed by atoms with E-state index in [1.807, 2.05) is 0 Å². The molecule has 0 amide bonds. The maximum absolute atomic E-state index is 5.51. The van der Waals surface area contributed by atoms with E-state index in [2.05, 4.69) is 11.9 Å². The van der Waals surface area contributed by atoms with Gasteiger partial charge in [-0.05, 0) is 19.3 Å². The van der Waals surface area contributed by atoms with Gasteiger partial charge in [0, 0.05) is 6.61 Å². The number of ether oxygens (including phenoxy) is 1. The Kier molecular flexibility index (Phi) is 2.13. The topological polar surface area (TPSA) is 35.3 Å². The molecule has 1 fully saturated rings. The first-order chi connectivity index (χ1) is 5.92. The van der Waals surface area contributed by atoms with Crippen molar-refractivity contribution >= 4 is 0 Å². The van der Waals surface area contributed by atoms with Gasteiger partial charge in [-0.15, -0.1) is 0 Å². The van der Waals surface area contributed by atoms with Gasteiger partial charge >= 0.3 is 0 Å². The van der Waals surface area contributed by atoms with Crippen LogP contribution in [0.25, 0.3) is 0 Å². The van der Waals surface area contributed by atoms with Gasteiger partial charge in [0.2, 0.25) is 0 Å². The molecule has 0 aliphatic carbocycles. The summed E-state index contributed by atoms with van der Waals surface area (Å²) in [5, 5.41) is 0. The van der Waals surface area contributed by atoms with Crippen LogP contribution in [0, 0.1) is 0 Å². The molecule has 0 saturated carbocycles. The molecular formula is C9H13NO2. The first-order valence-electron chi connectivity index (χ1n) is 4.45. The average Bonchev–Trinajstić information content (AvgIpc) is 2.74. The molecule has 0 aromatic carbocycles. The summed E-state index contributed by atoms with van der Waals surface area (Å²) >= 11 is 0.